The van der Waals surface area contributed by atoms with Gasteiger partial charge >= 0.3 is 0 Å². The Morgan fingerprint density at radius 3 is 2.62 bits per heavy atom. The van der Waals surface area contributed by atoms with Crippen molar-refractivity contribution < 1.29 is 0 Å². The minimum Gasteiger partial charge on any atom is -0.307 e. The molecule has 0 spiro atoms. The first-order valence-electron chi connectivity index (χ1n) is 2.47. The minimum absolute atomic E-state index is 0.725. The van der Waals surface area contributed by atoms with Crippen LogP contribution >= 0.6 is 0 Å². The first-order chi connectivity index (χ1) is 3.81. The molecule has 0 saturated heterocycles. The van der Waals surface area contributed by atoms with E-state index in [-0.39, 0.29) is 0 Å². The molecule has 1 N–H and O–H groups in total. The highest BCUT2D eigenvalue weighted by Crippen LogP contribution is 1.74. The van der Waals surface area contributed by atoms with Gasteiger partial charge in [-0.25, -0.2) is 0 Å². The van der Waals surface area contributed by atoms with Crippen LogP contribution in [-0.4, -0.2) is 11.9 Å². The van der Waals surface area contributed by atoms with E-state index < -0.39 is 0 Å². The zero-order chi connectivity index (χ0) is 6.41. The van der Waals surface area contributed by atoms with Gasteiger partial charge in [0, 0.05) is 12.4 Å². The van der Waals surface area contributed by atoms with Gasteiger partial charge < -0.3 is 5.41 Å². The molecule has 0 amide bonds. The molecular weight excluding hydrogens is 100 g/mol. The summed E-state index contributed by atoms with van der Waals surface area (Å²) in [6.45, 7) is 3.67. The van der Waals surface area contributed by atoms with Crippen molar-refractivity contribution in [3.8, 4) is 0 Å². The second-order valence-electron chi connectivity index (χ2n) is 1.40. The van der Waals surface area contributed by atoms with E-state index in [1.807, 2.05) is 13.0 Å². The number of hydrogen-bond donors (Lipinski definition) is 1. The summed E-state index contributed by atoms with van der Waals surface area (Å²) in [4.78, 5) is 3.85. The summed E-state index contributed by atoms with van der Waals surface area (Å²) in [6, 6.07) is 0. The van der Waals surface area contributed by atoms with Gasteiger partial charge in [0.15, 0.2) is 0 Å². The molecule has 0 heterocycles. The fraction of sp³-hybridized carbons (Fsp3) is 0.333. The van der Waals surface area contributed by atoms with Crippen LogP contribution in [0.3, 0.4) is 0 Å². The highest BCUT2D eigenvalue weighted by molar-refractivity contribution is 6.28. The standard InChI is InChI=1S/C6H10N2/c1-3-4-8-6(2)5-7/h3-5,7H,1-2H3/b4-3-,7-5?,8-6+. The molecule has 8 heavy (non-hydrogen) atoms. The summed E-state index contributed by atoms with van der Waals surface area (Å²) in [7, 11) is 0. The van der Waals surface area contributed by atoms with E-state index >= 15 is 0 Å². The quantitative estimate of drug-likeness (QED) is 0.524. The summed E-state index contributed by atoms with van der Waals surface area (Å²) in [5.74, 6) is 0. The predicted molar refractivity (Wildman–Crippen MR) is 36.7 cm³/mol. The van der Waals surface area contributed by atoms with Crippen LogP contribution in [0, 0.1) is 5.41 Å². The second kappa shape index (κ2) is 4.24. The summed E-state index contributed by atoms with van der Waals surface area (Å²) < 4.78 is 0. The number of rotatable bonds is 2. The molecular formula is C6H10N2. The van der Waals surface area contributed by atoms with Crippen molar-refractivity contribution in [1.82, 2.24) is 0 Å². The number of allylic oxidation sites excluding steroid dienone is 1. The van der Waals surface area contributed by atoms with Crippen molar-refractivity contribution in [2.24, 2.45) is 4.99 Å². The summed E-state index contributed by atoms with van der Waals surface area (Å²) in [5, 5.41) is 6.70. The molecule has 0 aromatic rings. The largest absolute Gasteiger partial charge is 0.307 e. The van der Waals surface area contributed by atoms with Crippen molar-refractivity contribution in [2.75, 3.05) is 0 Å². The maximum atomic E-state index is 6.70. The second-order valence-corrected chi connectivity index (χ2v) is 1.40. The number of hydrogen-bond acceptors (Lipinski definition) is 2. The van der Waals surface area contributed by atoms with Crippen molar-refractivity contribution in [2.45, 2.75) is 13.8 Å². The van der Waals surface area contributed by atoms with E-state index in [9.17, 15) is 0 Å². The van der Waals surface area contributed by atoms with Gasteiger partial charge in [-0.2, -0.15) is 0 Å². The molecule has 0 atom stereocenters. The number of nitrogens with one attached hydrogen (secondary N) is 1. The molecule has 44 valence electrons. The van der Waals surface area contributed by atoms with Gasteiger partial charge in [0.1, 0.15) is 0 Å². The highest BCUT2D eigenvalue weighted by Gasteiger charge is 1.73. The molecule has 0 bridgehead atoms. The van der Waals surface area contributed by atoms with Crippen LogP contribution in [0.1, 0.15) is 13.8 Å². The smallest absolute Gasteiger partial charge is 0.0547 e. The Balaban J connectivity index is 3.74. The van der Waals surface area contributed by atoms with Gasteiger partial charge in [0.2, 0.25) is 0 Å². The van der Waals surface area contributed by atoms with Gasteiger partial charge in [-0.05, 0) is 13.8 Å². The Labute approximate surface area is 49.5 Å². The SMILES string of the molecule is C/C=C\N=C(/C)C=N. The summed E-state index contributed by atoms with van der Waals surface area (Å²) >= 11 is 0. The zero-order valence-corrected chi connectivity index (χ0v) is 5.18. The molecule has 0 aliphatic carbocycles. The van der Waals surface area contributed by atoms with E-state index in [2.05, 4.69) is 4.99 Å². The molecule has 0 aliphatic heterocycles. The molecule has 0 unspecified atom stereocenters. The van der Waals surface area contributed by atoms with Crippen LogP contribution in [0.15, 0.2) is 17.3 Å². The van der Waals surface area contributed by atoms with E-state index in [1.165, 1.54) is 6.21 Å². The van der Waals surface area contributed by atoms with Crippen LogP contribution in [0.2, 0.25) is 0 Å². The van der Waals surface area contributed by atoms with Crippen LogP contribution in [0.4, 0.5) is 0 Å². The summed E-state index contributed by atoms with van der Waals surface area (Å²) in [6.07, 6.45) is 4.72. The molecule has 2 heteroatoms. The molecule has 0 aromatic carbocycles. The van der Waals surface area contributed by atoms with Crippen LogP contribution in [0.25, 0.3) is 0 Å². The molecule has 0 radical (unpaired) electrons. The van der Waals surface area contributed by atoms with E-state index in [1.54, 1.807) is 13.1 Å². The Morgan fingerprint density at radius 1 is 1.62 bits per heavy atom. The Morgan fingerprint density at radius 2 is 2.25 bits per heavy atom. The van der Waals surface area contributed by atoms with Gasteiger partial charge in [0.05, 0.1) is 5.71 Å². The van der Waals surface area contributed by atoms with Crippen LogP contribution < -0.4 is 0 Å². The lowest BCUT2D eigenvalue weighted by Gasteiger charge is -1.79. The third-order valence-corrected chi connectivity index (χ3v) is 0.636. The van der Waals surface area contributed by atoms with Crippen LogP contribution in [0.5, 0.6) is 0 Å². The molecule has 2 nitrogen and oxygen atoms in total. The Bertz CT molecular complexity index is 122. The molecule has 0 rings (SSSR count). The van der Waals surface area contributed by atoms with E-state index in [0.717, 1.165) is 5.71 Å². The van der Waals surface area contributed by atoms with Crippen molar-refractivity contribution in [3.63, 3.8) is 0 Å². The fourth-order valence-corrected chi connectivity index (χ4v) is 0.229. The highest BCUT2D eigenvalue weighted by atomic mass is 14.7. The first-order valence-corrected chi connectivity index (χ1v) is 2.47. The Kier molecular flexibility index (Phi) is 3.76. The first kappa shape index (κ1) is 7.08. The minimum atomic E-state index is 0.725. The lowest BCUT2D eigenvalue weighted by atomic mass is 10.5. The number of aliphatic imine (C=N–C) groups is 1. The average Bonchev–Trinajstić information content (AvgIpc) is 1.83. The van der Waals surface area contributed by atoms with Crippen LogP contribution in [-0.2, 0) is 0 Å². The van der Waals surface area contributed by atoms with Gasteiger partial charge in [0.25, 0.3) is 0 Å². The maximum absolute atomic E-state index is 6.70. The normalized spacial score (nSPS) is 12.5. The van der Waals surface area contributed by atoms with Crippen molar-refractivity contribution in [1.29, 1.82) is 5.41 Å². The molecule has 0 saturated carbocycles. The monoisotopic (exact) mass is 110 g/mol. The predicted octanol–water partition coefficient (Wildman–Crippen LogP) is 1.63. The third-order valence-electron chi connectivity index (χ3n) is 0.636. The Hall–Kier alpha value is -0.920. The average molecular weight is 110 g/mol. The lowest BCUT2D eigenvalue weighted by molar-refractivity contribution is 1.50. The van der Waals surface area contributed by atoms with Gasteiger partial charge in [-0.15, -0.1) is 0 Å². The maximum Gasteiger partial charge on any atom is 0.0547 e. The number of nitrogens with zero attached hydrogens (tertiary/aromatic N) is 1. The van der Waals surface area contributed by atoms with Crippen molar-refractivity contribution >= 4 is 11.9 Å². The molecule has 0 aromatic heterocycles. The summed E-state index contributed by atoms with van der Waals surface area (Å²) in [5.41, 5.74) is 0.725. The lowest BCUT2D eigenvalue weighted by Crippen LogP contribution is -1.87. The third kappa shape index (κ3) is 3.28. The zero-order valence-electron chi connectivity index (χ0n) is 5.18. The topological polar surface area (TPSA) is 36.2 Å². The fourth-order valence-electron chi connectivity index (χ4n) is 0.229. The van der Waals surface area contributed by atoms with Gasteiger partial charge in [-0.1, -0.05) is 6.08 Å². The van der Waals surface area contributed by atoms with E-state index in [4.69, 9.17) is 5.41 Å². The van der Waals surface area contributed by atoms with Gasteiger partial charge in [-0.3, -0.25) is 4.99 Å². The van der Waals surface area contributed by atoms with Crippen molar-refractivity contribution in [3.05, 3.63) is 12.3 Å². The van der Waals surface area contributed by atoms with E-state index in [0.29, 0.717) is 0 Å². The molecule has 0 aliphatic rings. The molecule has 0 fully saturated rings.